The average molecular weight is 305 g/mol. The van der Waals surface area contributed by atoms with E-state index in [2.05, 4.69) is 5.32 Å². The second kappa shape index (κ2) is 7.55. The number of carbonyl (C=O) groups is 1. The standard InChI is InChI=1S/C16H17ClN2O2/c17-13-6-4-12(5-7-13)10-16(20)19-8-9-21-15-3-1-2-14(18)11-15/h1-7,11H,8-10,18H2,(H,19,20). The highest BCUT2D eigenvalue weighted by atomic mass is 35.5. The first-order valence-electron chi connectivity index (χ1n) is 6.63. The van der Waals surface area contributed by atoms with Crippen molar-refractivity contribution in [2.24, 2.45) is 0 Å². The fourth-order valence-electron chi connectivity index (χ4n) is 1.81. The van der Waals surface area contributed by atoms with Gasteiger partial charge in [-0.25, -0.2) is 0 Å². The van der Waals surface area contributed by atoms with Crippen LogP contribution in [0.3, 0.4) is 0 Å². The quantitative estimate of drug-likeness (QED) is 0.637. The molecule has 0 aliphatic heterocycles. The number of carbonyl (C=O) groups excluding carboxylic acids is 1. The minimum Gasteiger partial charge on any atom is -0.492 e. The molecule has 2 rings (SSSR count). The number of hydrogen-bond acceptors (Lipinski definition) is 3. The van der Waals surface area contributed by atoms with Crippen LogP contribution in [0.4, 0.5) is 5.69 Å². The van der Waals surface area contributed by atoms with Crippen molar-refractivity contribution in [3.63, 3.8) is 0 Å². The van der Waals surface area contributed by atoms with Crippen LogP contribution in [-0.2, 0) is 11.2 Å². The number of amides is 1. The predicted octanol–water partition coefficient (Wildman–Crippen LogP) is 2.66. The summed E-state index contributed by atoms with van der Waals surface area (Å²) in [6.45, 7) is 0.844. The van der Waals surface area contributed by atoms with Gasteiger partial charge in [0.2, 0.25) is 5.91 Å². The van der Waals surface area contributed by atoms with Crippen LogP contribution in [0.2, 0.25) is 5.02 Å². The van der Waals surface area contributed by atoms with Gasteiger partial charge in [-0.05, 0) is 29.8 Å². The predicted molar refractivity (Wildman–Crippen MR) is 84.5 cm³/mol. The van der Waals surface area contributed by atoms with E-state index in [1.165, 1.54) is 0 Å². The van der Waals surface area contributed by atoms with Gasteiger partial charge in [0.1, 0.15) is 12.4 Å². The highest BCUT2D eigenvalue weighted by Crippen LogP contribution is 2.14. The smallest absolute Gasteiger partial charge is 0.224 e. The van der Waals surface area contributed by atoms with E-state index in [1.807, 2.05) is 24.3 Å². The summed E-state index contributed by atoms with van der Waals surface area (Å²) < 4.78 is 5.49. The molecule has 3 N–H and O–H groups in total. The molecule has 0 spiro atoms. The zero-order valence-electron chi connectivity index (χ0n) is 11.5. The Hall–Kier alpha value is -2.20. The second-order valence-corrected chi connectivity index (χ2v) is 5.01. The van der Waals surface area contributed by atoms with E-state index in [1.54, 1.807) is 24.3 Å². The van der Waals surface area contributed by atoms with E-state index in [-0.39, 0.29) is 5.91 Å². The molecule has 2 aromatic rings. The van der Waals surface area contributed by atoms with E-state index in [9.17, 15) is 4.79 Å². The minimum absolute atomic E-state index is 0.0477. The molecule has 0 radical (unpaired) electrons. The van der Waals surface area contributed by atoms with Gasteiger partial charge >= 0.3 is 0 Å². The second-order valence-electron chi connectivity index (χ2n) is 4.57. The number of ether oxygens (including phenoxy) is 1. The van der Waals surface area contributed by atoms with E-state index in [4.69, 9.17) is 22.1 Å². The number of hydrogen-bond donors (Lipinski definition) is 2. The Morgan fingerprint density at radius 1 is 1.19 bits per heavy atom. The van der Waals surface area contributed by atoms with Crippen molar-refractivity contribution < 1.29 is 9.53 Å². The third kappa shape index (κ3) is 5.36. The van der Waals surface area contributed by atoms with Crippen LogP contribution in [-0.4, -0.2) is 19.1 Å². The molecule has 0 heterocycles. The monoisotopic (exact) mass is 304 g/mol. The van der Waals surface area contributed by atoms with Gasteiger partial charge in [-0.1, -0.05) is 29.8 Å². The molecule has 0 aliphatic rings. The summed E-state index contributed by atoms with van der Waals surface area (Å²) in [6, 6.07) is 14.4. The molecule has 4 nitrogen and oxygen atoms in total. The number of benzene rings is 2. The molecule has 0 atom stereocenters. The van der Waals surface area contributed by atoms with Crippen molar-refractivity contribution in [3.05, 3.63) is 59.1 Å². The normalized spacial score (nSPS) is 10.1. The van der Waals surface area contributed by atoms with Crippen LogP contribution in [0, 0.1) is 0 Å². The molecule has 1 amide bonds. The maximum Gasteiger partial charge on any atom is 0.224 e. The van der Waals surface area contributed by atoms with Crippen LogP contribution >= 0.6 is 11.6 Å². The van der Waals surface area contributed by atoms with Gasteiger partial charge in [0.15, 0.2) is 0 Å². The molecule has 0 aliphatic carbocycles. The molecular weight excluding hydrogens is 288 g/mol. The Morgan fingerprint density at radius 2 is 1.95 bits per heavy atom. The number of nitrogen functional groups attached to an aromatic ring is 1. The van der Waals surface area contributed by atoms with Gasteiger partial charge in [-0.2, -0.15) is 0 Å². The number of rotatable bonds is 6. The van der Waals surface area contributed by atoms with E-state index >= 15 is 0 Å². The Kier molecular flexibility index (Phi) is 5.46. The Balaban J connectivity index is 1.68. The summed E-state index contributed by atoms with van der Waals surface area (Å²) in [5.74, 6) is 0.649. The molecule has 2 aromatic carbocycles. The van der Waals surface area contributed by atoms with Crippen LogP contribution in [0.15, 0.2) is 48.5 Å². The van der Waals surface area contributed by atoms with Crippen LogP contribution < -0.4 is 15.8 Å². The molecule has 110 valence electrons. The van der Waals surface area contributed by atoms with Crippen molar-refractivity contribution in [2.75, 3.05) is 18.9 Å². The SMILES string of the molecule is Nc1cccc(OCCNC(=O)Cc2ccc(Cl)cc2)c1. The molecule has 21 heavy (non-hydrogen) atoms. The molecule has 0 unspecified atom stereocenters. The van der Waals surface area contributed by atoms with Crippen molar-refractivity contribution in [1.29, 1.82) is 0 Å². The summed E-state index contributed by atoms with van der Waals surface area (Å²) in [4.78, 5) is 11.7. The lowest BCUT2D eigenvalue weighted by molar-refractivity contribution is -0.120. The average Bonchev–Trinajstić information content (AvgIpc) is 2.46. The molecule has 5 heteroatoms. The number of nitrogens with two attached hydrogens (primary N) is 1. The molecule has 0 aromatic heterocycles. The van der Waals surface area contributed by atoms with Crippen molar-refractivity contribution in [2.45, 2.75) is 6.42 Å². The van der Waals surface area contributed by atoms with Gasteiger partial charge in [0, 0.05) is 16.8 Å². The maximum atomic E-state index is 11.7. The van der Waals surface area contributed by atoms with Gasteiger partial charge in [0.25, 0.3) is 0 Å². The van der Waals surface area contributed by atoms with Gasteiger partial charge in [-0.3, -0.25) is 4.79 Å². The summed E-state index contributed by atoms with van der Waals surface area (Å²) >= 11 is 5.79. The number of nitrogens with one attached hydrogen (secondary N) is 1. The van der Waals surface area contributed by atoms with Gasteiger partial charge < -0.3 is 15.8 Å². The summed E-state index contributed by atoms with van der Waals surface area (Å²) in [6.07, 6.45) is 0.329. The Labute approximate surface area is 128 Å². The fraction of sp³-hybridized carbons (Fsp3) is 0.188. The summed E-state index contributed by atoms with van der Waals surface area (Å²) in [5.41, 5.74) is 7.23. The largest absolute Gasteiger partial charge is 0.492 e. The van der Waals surface area contributed by atoms with E-state index < -0.39 is 0 Å². The number of halogens is 1. The third-order valence-corrected chi connectivity index (χ3v) is 3.08. The topological polar surface area (TPSA) is 64.3 Å². The third-order valence-electron chi connectivity index (χ3n) is 2.83. The number of anilines is 1. The highest BCUT2D eigenvalue weighted by Gasteiger charge is 2.03. The molecular formula is C16H17ClN2O2. The highest BCUT2D eigenvalue weighted by molar-refractivity contribution is 6.30. The first-order chi connectivity index (χ1) is 10.1. The summed E-state index contributed by atoms with van der Waals surface area (Å²) in [7, 11) is 0. The molecule has 0 saturated carbocycles. The molecule has 0 saturated heterocycles. The molecule has 0 fully saturated rings. The van der Waals surface area contributed by atoms with Gasteiger partial charge in [-0.15, -0.1) is 0 Å². The van der Waals surface area contributed by atoms with Crippen molar-refractivity contribution in [1.82, 2.24) is 5.32 Å². The van der Waals surface area contributed by atoms with E-state index in [0.29, 0.717) is 36.0 Å². The van der Waals surface area contributed by atoms with Crippen LogP contribution in [0.5, 0.6) is 5.75 Å². The van der Waals surface area contributed by atoms with Crippen molar-refractivity contribution in [3.8, 4) is 5.75 Å². The Bertz CT molecular complexity index is 599. The van der Waals surface area contributed by atoms with Gasteiger partial charge in [0.05, 0.1) is 13.0 Å². The first-order valence-corrected chi connectivity index (χ1v) is 7.01. The molecule has 0 bridgehead atoms. The fourth-order valence-corrected chi connectivity index (χ4v) is 1.94. The zero-order chi connectivity index (χ0) is 15.1. The van der Waals surface area contributed by atoms with Crippen LogP contribution in [0.1, 0.15) is 5.56 Å². The summed E-state index contributed by atoms with van der Waals surface area (Å²) in [5, 5.41) is 3.46. The zero-order valence-corrected chi connectivity index (χ0v) is 12.3. The van der Waals surface area contributed by atoms with Crippen molar-refractivity contribution >= 4 is 23.2 Å². The first kappa shape index (κ1) is 15.2. The van der Waals surface area contributed by atoms with E-state index in [0.717, 1.165) is 5.56 Å². The lowest BCUT2D eigenvalue weighted by Gasteiger charge is -2.08. The maximum absolute atomic E-state index is 11.7. The van der Waals surface area contributed by atoms with Crippen LogP contribution in [0.25, 0.3) is 0 Å². The Morgan fingerprint density at radius 3 is 2.67 bits per heavy atom. The minimum atomic E-state index is -0.0477. The lowest BCUT2D eigenvalue weighted by atomic mass is 10.1. The lowest BCUT2D eigenvalue weighted by Crippen LogP contribution is -2.29.